The molecule has 2 unspecified atom stereocenters. The fraction of sp³-hybridized carbons (Fsp3) is 0.409. The first-order valence-corrected chi connectivity index (χ1v) is 9.87. The van der Waals surface area contributed by atoms with Gasteiger partial charge in [-0.1, -0.05) is 6.07 Å². The van der Waals surface area contributed by atoms with Crippen LogP contribution in [0.15, 0.2) is 47.4 Å². The third kappa shape index (κ3) is 2.93. The summed E-state index contributed by atoms with van der Waals surface area (Å²) in [6, 6.07) is 11.5. The molecule has 0 amide bonds. The van der Waals surface area contributed by atoms with Crippen molar-refractivity contribution in [1.82, 2.24) is 14.5 Å². The predicted octanol–water partition coefficient (Wildman–Crippen LogP) is 2.49. The Kier molecular flexibility index (Phi) is 4.25. The van der Waals surface area contributed by atoms with E-state index in [1.165, 1.54) is 0 Å². The molecule has 6 nitrogen and oxygen atoms in total. The number of benzene rings is 1. The van der Waals surface area contributed by atoms with Crippen LogP contribution in [0.1, 0.15) is 29.7 Å². The zero-order valence-corrected chi connectivity index (χ0v) is 16.0. The Bertz CT molecular complexity index is 1070. The summed E-state index contributed by atoms with van der Waals surface area (Å²) in [4.78, 5) is 17.8. The van der Waals surface area contributed by atoms with Crippen LogP contribution in [-0.2, 0) is 6.54 Å². The number of hydrogen-bond donors (Lipinski definition) is 2. The topological polar surface area (TPSA) is 70.5 Å². The van der Waals surface area contributed by atoms with Gasteiger partial charge in [0.1, 0.15) is 5.75 Å². The summed E-state index contributed by atoms with van der Waals surface area (Å²) in [5.41, 5.74) is 3.15. The molecule has 28 heavy (non-hydrogen) atoms. The first kappa shape index (κ1) is 17.5. The molecule has 2 N–H and O–H groups in total. The van der Waals surface area contributed by atoms with Crippen LogP contribution in [0.25, 0.3) is 10.9 Å². The molecule has 2 aliphatic rings. The van der Waals surface area contributed by atoms with Crippen molar-refractivity contribution in [2.24, 2.45) is 5.92 Å². The number of aliphatic hydroxyl groups is 1. The molecule has 1 aromatic carbocycles. The Labute approximate surface area is 163 Å². The van der Waals surface area contributed by atoms with Crippen LogP contribution in [0.2, 0.25) is 0 Å². The first-order valence-electron chi connectivity index (χ1n) is 9.87. The second-order valence-corrected chi connectivity index (χ2v) is 8.09. The Morgan fingerprint density at radius 1 is 1.25 bits per heavy atom. The molecular weight excluding hydrogens is 354 g/mol. The molecule has 1 saturated heterocycles. The number of piperidine rings is 1. The fourth-order valence-corrected chi connectivity index (χ4v) is 5.01. The molecule has 0 radical (unpaired) electrons. The van der Waals surface area contributed by atoms with Crippen molar-refractivity contribution >= 4 is 10.9 Å². The van der Waals surface area contributed by atoms with Gasteiger partial charge in [0.05, 0.1) is 13.2 Å². The van der Waals surface area contributed by atoms with Gasteiger partial charge in [0.15, 0.2) is 0 Å². The molecule has 2 bridgehead atoms. The lowest BCUT2D eigenvalue weighted by Gasteiger charge is -2.43. The second-order valence-electron chi connectivity index (χ2n) is 8.09. The van der Waals surface area contributed by atoms with Crippen molar-refractivity contribution in [3.05, 3.63) is 64.2 Å². The van der Waals surface area contributed by atoms with Crippen LogP contribution < -0.4 is 10.3 Å². The highest BCUT2D eigenvalue weighted by Gasteiger charge is 2.35. The van der Waals surface area contributed by atoms with Crippen molar-refractivity contribution in [3.8, 4) is 5.75 Å². The summed E-state index contributed by atoms with van der Waals surface area (Å²) >= 11 is 0. The van der Waals surface area contributed by atoms with E-state index in [-0.39, 0.29) is 5.56 Å². The molecule has 1 fully saturated rings. The molecule has 2 aliphatic heterocycles. The number of nitrogens with zero attached hydrogens (tertiary/aromatic N) is 2. The third-order valence-electron chi connectivity index (χ3n) is 6.27. The third-order valence-corrected chi connectivity index (χ3v) is 6.27. The quantitative estimate of drug-likeness (QED) is 0.731. The maximum absolute atomic E-state index is 12.2. The average Bonchev–Trinajstić information content (AvgIpc) is 3.12. The number of aliphatic hydroxyl groups excluding tert-OH is 1. The van der Waals surface area contributed by atoms with Gasteiger partial charge >= 0.3 is 0 Å². The van der Waals surface area contributed by atoms with E-state index < -0.39 is 6.10 Å². The maximum Gasteiger partial charge on any atom is 0.250 e. The number of β-amino-alcohol motifs (C(OH)–C–C–N with tert-alkyl or cyclic N) is 1. The van der Waals surface area contributed by atoms with Crippen LogP contribution >= 0.6 is 0 Å². The molecule has 0 saturated carbocycles. The molecule has 0 spiro atoms. The number of ether oxygens (including phenoxy) is 1. The highest BCUT2D eigenvalue weighted by atomic mass is 16.5. The van der Waals surface area contributed by atoms with E-state index in [1.807, 2.05) is 35.0 Å². The summed E-state index contributed by atoms with van der Waals surface area (Å²) in [5, 5.41) is 12.0. The fourth-order valence-electron chi connectivity index (χ4n) is 5.01. The van der Waals surface area contributed by atoms with E-state index in [2.05, 4.69) is 16.0 Å². The van der Waals surface area contributed by atoms with E-state index in [1.54, 1.807) is 13.2 Å². The van der Waals surface area contributed by atoms with Gasteiger partial charge in [-0.05, 0) is 36.6 Å². The lowest BCUT2D eigenvalue weighted by molar-refractivity contribution is 0.0627. The number of nitrogens with one attached hydrogen (secondary N) is 1. The lowest BCUT2D eigenvalue weighted by atomic mass is 9.83. The summed E-state index contributed by atoms with van der Waals surface area (Å²) in [5.74, 6) is 1.60. The molecular formula is C22H25N3O3. The van der Waals surface area contributed by atoms with E-state index in [9.17, 15) is 9.90 Å². The SMILES string of the molecule is COc1ccc2[nH]cc(C(O)CN3CC4C[C@@H](C3)c3cccc(=O)n3C4)c2c1. The van der Waals surface area contributed by atoms with Crippen LogP contribution in [0.4, 0.5) is 0 Å². The Balaban J connectivity index is 1.37. The minimum Gasteiger partial charge on any atom is -0.497 e. The minimum atomic E-state index is -0.572. The minimum absolute atomic E-state index is 0.105. The Morgan fingerprint density at radius 2 is 2.14 bits per heavy atom. The van der Waals surface area contributed by atoms with Crippen molar-refractivity contribution in [2.75, 3.05) is 26.7 Å². The summed E-state index contributed by atoms with van der Waals surface area (Å²) in [6.45, 7) is 3.17. The maximum atomic E-state index is 12.2. The zero-order chi connectivity index (χ0) is 19.3. The highest BCUT2D eigenvalue weighted by molar-refractivity contribution is 5.85. The summed E-state index contributed by atoms with van der Waals surface area (Å²) in [6.07, 6.45) is 2.45. The normalized spacial score (nSPS) is 22.8. The number of methoxy groups -OCH3 is 1. The number of aromatic amines is 1. The predicted molar refractivity (Wildman–Crippen MR) is 108 cm³/mol. The lowest BCUT2D eigenvalue weighted by Crippen LogP contribution is -2.48. The highest BCUT2D eigenvalue weighted by Crippen LogP contribution is 2.36. The van der Waals surface area contributed by atoms with Gasteiger partial charge in [0.25, 0.3) is 5.56 Å². The van der Waals surface area contributed by atoms with E-state index in [0.717, 1.165) is 54.0 Å². The van der Waals surface area contributed by atoms with Gasteiger partial charge in [-0.2, -0.15) is 0 Å². The van der Waals surface area contributed by atoms with Crippen molar-refractivity contribution in [2.45, 2.75) is 25.0 Å². The standard InChI is InChI=1S/C22H25N3O3/c1-28-16-5-6-19-17(8-16)18(9-23-19)21(26)13-24-10-14-7-15(12-24)20-3-2-4-22(27)25(20)11-14/h2-6,8-9,14-15,21,23,26H,7,10-13H2,1H3/t14?,15-,21?/m0/s1. The number of rotatable bonds is 4. The van der Waals surface area contributed by atoms with Crippen molar-refractivity contribution < 1.29 is 9.84 Å². The number of fused-ring (bicyclic) bond motifs is 5. The van der Waals surface area contributed by atoms with Crippen molar-refractivity contribution in [1.29, 1.82) is 0 Å². The van der Waals surface area contributed by atoms with E-state index in [4.69, 9.17) is 4.74 Å². The molecule has 6 heteroatoms. The van der Waals surface area contributed by atoms with Crippen LogP contribution in [-0.4, -0.2) is 46.3 Å². The molecule has 5 rings (SSSR count). The number of pyridine rings is 1. The van der Waals surface area contributed by atoms with Gasteiger partial charge in [0.2, 0.25) is 0 Å². The molecule has 0 aliphatic carbocycles. The molecule has 146 valence electrons. The second kappa shape index (κ2) is 6.79. The molecule has 3 atom stereocenters. The van der Waals surface area contributed by atoms with Crippen LogP contribution in [0.5, 0.6) is 5.75 Å². The van der Waals surface area contributed by atoms with Crippen LogP contribution in [0, 0.1) is 5.92 Å². The largest absolute Gasteiger partial charge is 0.497 e. The smallest absolute Gasteiger partial charge is 0.250 e. The number of hydrogen-bond acceptors (Lipinski definition) is 4. The Morgan fingerprint density at radius 3 is 3.00 bits per heavy atom. The summed E-state index contributed by atoms with van der Waals surface area (Å²) in [7, 11) is 1.65. The summed E-state index contributed by atoms with van der Waals surface area (Å²) < 4.78 is 7.28. The van der Waals surface area contributed by atoms with E-state index in [0.29, 0.717) is 18.4 Å². The molecule has 3 aromatic rings. The van der Waals surface area contributed by atoms with Gasteiger partial charge in [-0.25, -0.2) is 0 Å². The monoisotopic (exact) mass is 379 g/mol. The van der Waals surface area contributed by atoms with Gasteiger partial charge in [0, 0.05) is 66.5 Å². The number of likely N-dealkylation sites (tertiary alicyclic amines) is 1. The number of H-pyrrole nitrogens is 1. The molecule has 4 heterocycles. The van der Waals surface area contributed by atoms with Gasteiger partial charge in [-0.15, -0.1) is 0 Å². The molecule has 2 aromatic heterocycles. The average molecular weight is 379 g/mol. The van der Waals surface area contributed by atoms with Crippen LogP contribution in [0.3, 0.4) is 0 Å². The van der Waals surface area contributed by atoms with Gasteiger partial charge < -0.3 is 19.4 Å². The zero-order valence-electron chi connectivity index (χ0n) is 16.0. The van der Waals surface area contributed by atoms with E-state index >= 15 is 0 Å². The van der Waals surface area contributed by atoms with Gasteiger partial charge in [-0.3, -0.25) is 9.69 Å². The Hall–Kier alpha value is -2.57. The first-order chi connectivity index (χ1) is 13.6. The van der Waals surface area contributed by atoms with Crippen molar-refractivity contribution in [3.63, 3.8) is 0 Å². The number of aromatic nitrogens is 2.